The summed E-state index contributed by atoms with van der Waals surface area (Å²) < 4.78 is 60.2. The Morgan fingerprint density at radius 1 is 1.28 bits per heavy atom. The fourth-order valence-electron chi connectivity index (χ4n) is 1.21. The van der Waals surface area contributed by atoms with Crippen molar-refractivity contribution < 1.29 is 26.5 Å². The molecule has 0 saturated heterocycles. The molecular weight excluding hydrogens is 322 g/mol. The zero-order chi connectivity index (χ0) is 14.3. The lowest BCUT2D eigenvalue weighted by atomic mass is 10.1. The van der Waals surface area contributed by atoms with Crippen molar-refractivity contribution in [3.8, 4) is 0 Å². The molecule has 0 atom stereocenters. The largest absolute Gasteiger partial charge is 0.424 e. The molecule has 18 heavy (non-hydrogen) atoms. The van der Waals surface area contributed by atoms with E-state index in [1.807, 2.05) is 0 Å². The minimum absolute atomic E-state index is 0.455. The molecule has 0 amide bonds. The van der Waals surface area contributed by atoms with Gasteiger partial charge in [0.1, 0.15) is 4.90 Å². The Labute approximate surface area is 108 Å². The Morgan fingerprint density at radius 2 is 1.78 bits per heavy atom. The first-order chi connectivity index (χ1) is 7.96. The van der Waals surface area contributed by atoms with Crippen LogP contribution < -0.4 is 0 Å². The lowest BCUT2D eigenvalue weighted by Gasteiger charge is -2.12. The van der Waals surface area contributed by atoms with Crippen molar-refractivity contribution in [3.63, 3.8) is 0 Å². The van der Waals surface area contributed by atoms with Crippen LogP contribution in [0.15, 0.2) is 17.0 Å². The molecule has 5 nitrogen and oxygen atoms in total. The molecule has 100 valence electrons. The molecule has 11 heteroatoms. The zero-order valence-electron chi connectivity index (χ0n) is 8.03. The van der Waals surface area contributed by atoms with E-state index in [0.29, 0.717) is 12.1 Å². The van der Waals surface area contributed by atoms with E-state index >= 15 is 0 Å². The van der Waals surface area contributed by atoms with Crippen molar-refractivity contribution in [3.05, 3.63) is 32.8 Å². The molecule has 1 aromatic rings. The van der Waals surface area contributed by atoms with Crippen LogP contribution in [0, 0.1) is 10.1 Å². The molecule has 0 N–H and O–H groups in total. The van der Waals surface area contributed by atoms with Crippen LogP contribution >= 0.6 is 22.3 Å². The van der Waals surface area contributed by atoms with Crippen molar-refractivity contribution in [1.82, 2.24) is 0 Å². The summed E-state index contributed by atoms with van der Waals surface area (Å²) in [6, 6.07) is 1.11. The highest BCUT2D eigenvalue weighted by Gasteiger charge is 2.45. The first-order valence-electron chi connectivity index (χ1n) is 3.95. The van der Waals surface area contributed by atoms with Gasteiger partial charge in [-0.2, -0.15) is 13.2 Å². The van der Waals surface area contributed by atoms with Gasteiger partial charge in [-0.25, -0.2) is 8.42 Å². The van der Waals surface area contributed by atoms with E-state index in [4.69, 9.17) is 22.3 Å². The van der Waals surface area contributed by atoms with Gasteiger partial charge in [0.05, 0.1) is 9.95 Å². The van der Waals surface area contributed by atoms with Crippen LogP contribution in [-0.2, 0) is 15.2 Å². The van der Waals surface area contributed by atoms with Crippen LogP contribution in [0.3, 0.4) is 0 Å². The Kier molecular flexibility index (Phi) is 3.80. The molecule has 0 saturated carbocycles. The third-order valence-corrected chi connectivity index (χ3v) is 3.61. The molecule has 0 aliphatic carbocycles. The molecule has 0 bridgehead atoms. The van der Waals surface area contributed by atoms with Gasteiger partial charge in [-0.15, -0.1) is 0 Å². The van der Waals surface area contributed by atoms with E-state index in [-0.39, 0.29) is 0 Å². The Hall–Kier alpha value is -1.06. The molecule has 0 spiro atoms. The molecule has 1 rings (SSSR count). The lowest BCUT2D eigenvalue weighted by Crippen LogP contribution is -2.14. The average molecular weight is 324 g/mol. The summed E-state index contributed by atoms with van der Waals surface area (Å²) in [5, 5.41) is 9.64. The summed E-state index contributed by atoms with van der Waals surface area (Å²) >= 11 is 5.31. The number of rotatable bonds is 2. The minimum Gasteiger partial charge on any atom is -0.258 e. The molecule has 0 fully saturated rings. The maximum absolute atomic E-state index is 12.7. The first-order valence-corrected chi connectivity index (χ1v) is 6.63. The standard InChI is InChI=1S/C7H2Cl2F3NO4S/c8-3-1-2-4(13(14)15)5(7(10,11)12)6(3)18(9,16)17/h1-2H. The summed E-state index contributed by atoms with van der Waals surface area (Å²) in [5.74, 6) is 0. The van der Waals surface area contributed by atoms with Crippen LogP contribution in [0.5, 0.6) is 0 Å². The zero-order valence-corrected chi connectivity index (χ0v) is 10.4. The summed E-state index contributed by atoms with van der Waals surface area (Å²) in [5.41, 5.74) is -3.43. The number of nitrogens with zero attached hydrogens (tertiary/aromatic N) is 1. The van der Waals surface area contributed by atoms with Crippen molar-refractivity contribution in [1.29, 1.82) is 0 Å². The number of hydrogen-bond donors (Lipinski definition) is 0. The van der Waals surface area contributed by atoms with Gasteiger partial charge in [-0.1, -0.05) is 11.6 Å². The highest BCUT2D eigenvalue weighted by Crippen LogP contribution is 2.44. The number of alkyl halides is 3. The van der Waals surface area contributed by atoms with Crippen molar-refractivity contribution in [2.45, 2.75) is 11.1 Å². The number of benzene rings is 1. The predicted molar refractivity (Wildman–Crippen MR) is 56.1 cm³/mol. The number of halogens is 5. The second kappa shape index (κ2) is 4.56. The van der Waals surface area contributed by atoms with E-state index in [1.165, 1.54) is 0 Å². The number of hydrogen-bond acceptors (Lipinski definition) is 4. The molecule has 1 aromatic carbocycles. The monoisotopic (exact) mass is 323 g/mol. The van der Waals surface area contributed by atoms with E-state index in [1.54, 1.807) is 0 Å². The Balaban J connectivity index is 3.91. The topological polar surface area (TPSA) is 77.3 Å². The lowest BCUT2D eigenvalue weighted by molar-refractivity contribution is -0.388. The highest BCUT2D eigenvalue weighted by molar-refractivity contribution is 8.13. The van der Waals surface area contributed by atoms with Crippen molar-refractivity contribution >= 4 is 37.0 Å². The summed E-state index contributed by atoms with van der Waals surface area (Å²) in [6.45, 7) is 0. The maximum Gasteiger partial charge on any atom is 0.424 e. The SMILES string of the molecule is O=[N+]([O-])c1ccc(Cl)c(S(=O)(=O)Cl)c1C(F)(F)F. The molecule has 0 aromatic heterocycles. The summed E-state index contributed by atoms with van der Waals surface area (Å²) in [7, 11) is -0.0706. The maximum atomic E-state index is 12.7. The Morgan fingerprint density at radius 3 is 2.11 bits per heavy atom. The van der Waals surface area contributed by atoms with Crippen LogP contribution in [-0.4, -0.2) is 13.3 Å². The summed E-state index contributed by atoms with van der Waals surface area (Å²) in [6.07, 6.45) is -5.29. The van der Waals surface area contributed by atoms with Gasteiger partial charge < -0.3 is 0 Å². The van der Waals surface area contributed by atoms with Crippen LogP contribution in [0.25, 0.3) is 0 Å². The van der Waals surface area contributed by atoms with Gasteiger partial charge >= 0.3 is 6.18 Å². The third kappa shape index (κ3) is 2.85. The van der Waals surface area contributed by atoms with E-state index in [0.717, 1.165) is 0 Å². The molecule has 0 aliphatic rings. The summed E-state index contributed by atoms with van der Waals surface area (Å²) in [4.78, 5) is 7.59. The van der Waals surface area contributed by atoms with E-state index < -0.39 is 41.3 Å². The average Bonchev–Trinajstić information content (AvgIpc) is 2.13. The van der Waals surface area contributed by atoms with Gasteiger partial charge in [0.15, 0.2) is 5.56 Å². The van der Waals surface area contributed by atoms with Gasteiger partial charge in [0, 0.05) is 16.7 Å². The third-order valence-electron chi connectivity index (χ3n) is 1.81. The molecule has 0 unspecified atom stereocenters. The van der Waals surface area contributed by atoms with E-state index in [2.05, 4.69) is 0 Å². The fraction of sp³-hybridized carbons (Fsp3) is 0.143. The van der Waals surface area contributed by atoms with Gasteiger partial charge in [-0.3, -0.25) is 10.1 Å². The van der Waals surface area contributed by atoms with Crippen LogP contribution in [0.4, 0.5) is 18.9 Å². The fourth-order valence-corrected chi connectivity index (χ4v) is 3.04. The van der Waals surface area contributed by atoms with E-state index in [9.17, 15) is 31.7 Å². The molecular formula is C7H2Cl2F3NO4S. The second-order valence-corrected chi connectivity index (χ2v) is 5.87. The van der Waals surface area contributed by atoms with Gasteiger partial charge in [-0.05, 0) is 6.07 Å². The second-order valence-electron chi connectivity index (χ2n) is 2.96. The van der Waals surface area contributed by atoms with Gasteiger partial charge in [0.25, 0.3) is 14.7 Å². The van der Waals surface area contributed by atoms with Crippen LogP contribution in [0.1, 0.15) is 5.56 Å². The normalized spacial score (nSPS) is 12.5. The van der Waals surface area contributed by atoms with Crippen LogP contribution in [0.2, 0.25) is 5.02 Å². The highest BCUT2D eigenvalue weighted by atomic mass is 35.7. The quantitative estimate of drug-likeness (QED) is 0.475. The molecule has 0 aliphatic heterocycles. The first kappa shape index (κ1) is 15.0. The number of nitro groups is 1. The van der Waals surface area contributed by atoms with Crippen molar-refractivity contribution in [2.75, 3.05) is 0 Å². The van der Waals surface area contributed by atoms with Gasteiger partial charge in [0.2, 0.25) is 0 Å². The molecule has 0 heterocycles. The minimum atomic E-state index is -5.29. The van der Waals surface area contributed by atoms with Crippen molar-refractivity contribution in [2.24, 2.45) is 0 Å². The molecule has 0 radical (unpaired) electrons. The predicted octanol–water partition coefficient (Wildman–Crippen LogP) is 3.19. The smallest absolute Gasteiger partial charge is 0.258 e. The number of nitro benzene ring substituents is 1. The Bertz CT molecular complexity index is 614.